The molecule has 4 heteroatoms. The van der Waals surface area contributed by atoms with Gasteiger partial charge in [0.2, 0.25) is 0 Å². The van der Waals surface area contributed by atoms with Crippen LogP contribution in [0.15, 0.2) is 12.1 Å². The van der Waals surface area contributed by atoms with Crippen molar-refractivity contribution in [2.24, 2.45) is 0 Å². The van der Waals surface area contributed by atoms with Crippen LogP contribution in [0.1, 0.15) is 233 Å². The molecule has 1 rings (SSSR count). The van der Waals surface area contributed by atoms with Crippen molar-refractivity contribution in [3.8, 4) is 23.0 Å². The van der Waals surface area contributed by atoms with Crippen LogP contribution in [0.3, 0.4) is 0 Å². The first-order valence-electron chi connectivity index (χ1n) is 22.5. The van der Waals surface area contributed by atoms with Crippen LogP contribution in [0.2, 0.25) is 0 Å². The summed E-state index contributed by atoms with van der Waals surface area (Å²) < 4.78 is 25.8. The van der Waals surface area contributed by atoms with Crippen LogP contribution >= 0.6 is 0 Å². The van der Waals surface area contributed by atoms with E-state index < -0.39 is 0 Å². The molecule has 0 atom stereocenters. The highest BCUT2D eigenvalue weighted by molar-refractivity contribution is 5.54. The molecule has 0 unspecified atom stereocenters. The lowest BCUT2D eigenvalue weighted by molar-refractivity contribution is 0.238. The fourth-order valence-electron chi connectivity index (χ4n) is 6.65. The number of hydrogen-bond donors (Lipinski definition) is 0. The molecule has 294 valence electrons. The normalized spacial score (nSPS) is 11.3. The van der Waals surface area contributed by atoms with Gasteiger partial charge < -0.3 is 18.9 Å². The van der Waals surface area contributed by atoms with E-state index in [1.54, 1.807) is 0 Å². The zero-order chi connectivity index (χ0) is 36.0. The van der Waals surface area contributed by atoms with E-state index in [1.807, 2.05) is 0 Å². The van der Waals surface area contributed by atoms with E-state index in [1.165, 1.54) is 180 Å². The van der Waals surface area contributed by atoms with E-state index in [2.05, 4.69) is 39.8 Å². The number of ether oxygens (including phenoxy) is 4. The van der Waals surface area contributed by atoms with Crippen LogP contribution in [0.25, 0.3) is 0 Å². The molecule has 0 aliphatic carbocycles. The summed E-state index contributed by atoms with van der Waals surface area (Å²) in [4.78, 5) is 0. The minimum absolute atomic E-state index is 0.721. The average molecular weight is 703 g/mol. The van der Waals surface area contributed by atoms with Gasteiger partial charge in [-0.2, -0.15) is 0 Å². The molecular formula is C46H86O4. The molecule has 0 N–H and O–H groups in total. The highest BCUT2D eigenvalue weighted by Gasteiger charge is 2.16. The molecule has 0 saturated heterocycles. The molecular weight excluding hydrogens is 617 g/mol. The molecule has 0 aliphatic heterocycles. The first-order chi connectivity index (χ1) is 24.8. The summed E-state index contributed by atoms with van der Waals surface area (Å²) >= 11 is 0. The zero-order valence-corrected chi connectivity index (χ0v) is 34.2. The van der Waals surface area contributed by atoms with Crippen molar-refractivity contribution in [1.82, 2.24) is 0 Å². The lowest BCUT2D eigenvalue weighted by Crippen LogP contribution is -2.07. The molecule has 1 aromatic rings. The Labute approximate surface area is 312 Å². The van der Waals surface area contributed by atoms with Crippen LogP contribution in [-0.4, -0.2) is 26.4 Å². The largest absolute Gasteiger partial charge is 0.490 e. The van der Waals surface area contributed by atoms with Gasteiger partial charge in [0.25, 0.3) is 0 Å². The maximum atomic E-state index is 6.44. The van der Waals surface area contributed by atoms with E-state index in [4.69, 9.17) is 18.9 Å². The number of rotatable bonds is 40. The van der Waals surface area contributed by atoms with Crippen molar-refractivity contribution < 1.29 is 18.9 Å². The van der Waals surface area contributed by atoms with Crippen molar-refractivity contribution >= 4 is 0 Å². The molecule has 0 amide bonds. The van der Waals surface area contributed by atoms with E-state index in [0.717, 1.165) is 75.1 Å². The third-order valence-corrected chi connectivity index (χ3v) is 10.0. The van der Waals surface area contributed by atoms with Gasteiger partial charge >= 0.3 is 0 Å². The molecule has 0 fully saturated rings. The van der Waals surface area contributed by atoms with Crippen molar-refractivity contribution in [1.29, 1.82) is 0 Å². The predicted molar refractivity (Wildman–Crippen MR) is 219 cm³/mol. The Hall–Kier alpha value is -1.58. The SMILES string of the molecule is CCCCCCCCCCOc1cc(OCCCCCCCCCC)c(OCCCCCCCCCC)cc1OCCCCCCCCCC. The molecule has 0 aromatic heterocycles. The topological polar surface area (TPSA) is 36.9 Å². The summed E-state index contributed by atoms with van der Waals surface area (Å²) in [6.07, 6.45) is 41.5. The monoisotopic (exact) mass is 703 g/mol. The van der Waals surface area contributed by atoms with Crippen LogP contribution in [0, 0.1) is 0 Å². The zero-order valence-electron chi connectivity index (χ0n) is 34.2. The quantitative estimate of drug-likeness (QED) is 0.0638. The summed E-state index contributed by atoms with van der Waals surface area (Å²) in [6.45, 7) is 12.0. The first kappa shape index (κ1) is 46.4. The molecule has 0 radical (unpaired) electrons. The lowest BCUT2D eigenvalue weighted by atomic mass is 10.1. The molecule has 50 heavy (non-hydrogen) atoms. The summed E-state index contributed by atoms with van der Waals surface area (Å²) in [5, 5.41) is 0. The van der Waals surface area contributed by atoms with Crippen LogP contribution < -0.4 is 18.9 Å². The van der Waals surface area contributed by atoms with Crippen LogP contribution in [0.4, 0.5) is 0 Å². The minimum Gasteiger partial charge on any atom is -0.490 e. The second-order valence-electron chi connectivity index (χ2n) is 15.0. The van der Waals surface area contributed by atoms with Crippen LogP contribution in [-0.2, 0) is 0 Å². The Balaban J connectivity index is 2.80. The minimum atomic E-state index is 0.721. The van der Waals surface area contributed by atoms with Gasteiger partial charge in [-0.1, -0.05) is 207 Å². The van der Waals surface area contributed by atoms with Gasteiger partial charge in [0.15, 0.2) is 23.0 Å². The van der Waals surface area contributed by atoms with Crippen molar-refractivity contribution in [2.75, 3.05) is 26.4 Å². The average Bonchev–Trinajstić information content (AvgIpc) is 3.13. The van der Waals surface area contributed by atoms with Crippen LogP contribution in [0.5, 0.6) is 23.0 Å². The predicted octanol–water partition coefficient (Wildman–Crippen LogP) is 15.8. The maximum Gasteiger partial charge on any atom is 0.165 e. The molecule has 0 aliphatic rings. The fraction of sp³-hybridized carbons (Fsp3) is 0.870. The summed E-state index contributed by atoms with van der Waals surface area (Å²) in [5.74, 6) is 3.27. The number of hydrogen-bond acceptors (Lipinski definition) is 4. The molecule has 0 heterocycles. The fourth-order valence-corrected chi connectivity index (χ4v) is 6.65. The van der Waals surface area contributed by atoms with Crippen molar-refractivity contribution in [3.63, 3.8) is 0 Å². The second-order valence-corrected chi connectivity index (χ2v) is 15.0. The lowest BCUT2D eigenvalue weighted by Gasteiger charge is -2.19. The van der Waals surface area contributed by atoms with E-state index >= 15 is 0 Å². The molecule has 0 saturated carbocycles. The Morgan fingerprint density at radius 3 is 0.580 bits per heavy atom. The van der Waals surface area contributed by atoms with Gasteiger partial charge in [-0.25, -0.2) is 0 Å². The maximum absolute atomic E-state index is 6.44. The van der Waals surface area contributed by atoms with Crippen molar-refractivity contribution in [2.45, 2.75) is 233 Å². The van der Waals surface area contributed by atoms with E-state index in [9.17, 15) is 0 Å². The molecule has 1 aromatic carbocycles. The van der Waals surface area contributed by atoms with Crippen molar-refractivity contribution in [3.05, 3.63) is 12.1 Å². The van der Waals surface area contributed by atoms with Gasteiger partial charge in [-0.3, -0.25) is 0 Å². The smallest absolute Gasteiger partial charge is 0.165 e. The molecule has 0 spiro atoms. The molecule has 0 bridgehead atoms. The van der Waals surface area contributed by atoms with Gasteiger partial charge in [0, 0.05) is 12.1 Å². The summed E-state index contributed by atoms with van der Waals surface area (Å²) in [7, 11) is 0. The Morgan fingerprint density at radius 1 is 0.240 bits per heavy atom. The Kier molecular flexibility index (Phi) is 34.5. The third kappa shape index (κ3) is 28.1. The standard InChI is InChI=1S/C46H86O4/c1-5-9-13-17-21-25-29-33-37-47-43-41-45(49-39-35-31-27-23-19-15-11-7-3)46(50-40-36-32-28-24-20-16-12-8-4)42-44(43)48-38-34-30-26-22-18-14-10-6-2/h41-42H,5-40H2,1-4H3. The Bertz CT molecular complexity index is 694. The van der Waals surface area contributed by atoms with Gasteiger partial charge in [-0.05, 0) is 25.7 Å². The second kappa shape index (κ2) is 37.2. The highest BCUT2D eigenvalue weighted by atomic mass is 16.5. The van der Waals surface area contributed by atoms with Gasteiger partial charge in [0.05, 0.1) is 26.4 Å². The number of benzene rings is 1. The Morgan fingerprint density at radius 2 is 0.400 bits per heavy atom. The first-order valence-corrected chi connectivity index (χ1v) is 22.5. The third-order valence-electron chi connectivity index (χ3n) is 10.0. The molecule has 4 nitrogen and oxygen atoms in total. The summed E-state index contributed by atoms with van der Waals surface area (Å²) in [5.41, 5.74) is 0. The number of unbranched alkanes of at least 4 members (excludes halogenated alkanes) is 28. The van der Waals surface area contributed by atoms with Gasteiger partial charge in [0.1, 0.15) is 0 Å². The van der Waals surface area contributed by atoms with Gasteiger partial charge in [-0.15, -0.1) is 0 Å². The van der Waals surface area contributed by atoms with E-state index in [-0.39, 0.29) is 0 Å². The van der Waals surface area contributed by atoms with E-state index in [0.29, 0.717) is 0 Å². The summed E-state index contributed by atoms with van der Waals surface area (Å²) in [6, 6.07) is 4.14. The highest BCUT2D eigenvalue weighted by Crippen LogP contribution is 2.40.